The number of pyridine rings is 1. The molecule has 1 aromatic carbocycles. The fourth-order valence-corrected chi connectivity index (χ4v) is 3.75. The molecule has 37 heavy (non-hydrogen) atoms. The number of carbonyl (C=O) groups excluding carboxylic acids is 2. The first-order valence-electron chi connectivity index (χ1n) is 11.5. The second kappa shape index (κ2) is 11.3. The molecule has 3 heterocycles. The summed E-state index contributed by atoms with van der Waals surface area (Å²) in [6.45, 7) is 2.58. The van der Waals surface area contributed by atoms with E-state index < -0.39 is 11.7 Å². The standard InChI is InChI=1S/C25H26FN9O2/c1-14(16-5-4-6-17-22(24(37)28-3)18(26)11-30-23(16)17)8-29-20-7-19(34-13-35-20)15-9-31-25(32-10-15)33-12-21(36)27-2/h4-7,9-11,13-14H,8,12H2,1-3H3,(H,27,36)(H,28,37)(H,29,34,35)(H,31,32,33)/t14-/m1/s1. The van der Waals surface area contributed by atoms with E-state index >= 15 is 0 Å². The van der Waals surface area contributed by atoms with Gasteiger partial charge in [0, 0.05) is 56.0 Å². The summed E-state index contributed by atoms with van der Waals surface area (Å²) in [5.41, 5.74) is 2.73. The number of rotatable bonds is 9. The molecule has 0 aliphatic rings. The molecular weight excluding hydrogens is 477 g/mol. The van der Waals surface area contributed by atoms with Crippen molar-refractivity contribution in [3.05, 3.63) is 66.1 Å². The van der Waals surface area contributed by atoms with Crippen LogP contribution in [0.15, 0.2) is 49.2 Å². The molecule has 0 aliphatic heterocycles. The maximum Gasteiger partial charge on any atom is 0.254 e. The number of amides is 2. The molecular formula is C25H26FN9O2. The highest BCUT2D eigenvalue weighted by molar-refractivity contribution is 6.06. The maximum absolute atomic E-state index is 14.4. The largest absolute Gasteiger partial charge is 0.369 e. The smallest absolute Gasteiger partial charge is 0.254 e. The number of anilines is 2. The predicted molar refractivity (Wildman–Crippen MR) is 138 cm³/mol. The van der Waals surface area contributed by atoms with Gasteiger partial charge in [-0.25, -0.2) is 24.3 Å². The molecule has 0 bridgehead atoms. The lowest BCUT2D eigenvalue weighted by Gasteiger charge is -2.17. The Morgan fingerprint density at radius 3 is 2.49 bits per heavy atom. The predicted octanol–water partition coefficient (Wildman–Crippen LogP) is 2.35. The van der Waals surface area contributed by atoms with Gasteiger partial charge in [0.05, 0.1) is 29.5 Å². The van der Waals surface area contributed by atoms with E-state index in [2.05, 4.69) is 46.2 Å². The summed E-state index contributed by atoms with van der Waals surface area (Å²) in [7, 11) is 3.02. The third kappa shape index (κ3) is 5.74. The quantitative estimate of drug-likeness (QED) is 0.270. The summed E-state index contributed by atoms with van der Waals surface area (Å²) in [4.78, 5) is 44.9. The van der Waals surface area contributed by atoms with Crippen molar-refractivity contribution in [2.75, 3.05) is 37.8 Å². The second-order valence-corrected chi connectivity index (χ2v) is 8.20. The van der Waals surface area contributed by atoms with Crippen molar-refractivity contribution in [2.45, 2.75) is 12.8 Å². The zero-order valence-electron chi connectivity index (χ0n) is 20.5. The highest BCUT2D eigenvalue weighted by Crippen LogP contribution is 2.28. The zero-order valence-corrected chi connectivity index (χ0v) is 20.5. The molecule has 4 aromatic rings. The van der Waals surface area contributed by atoms with Crippen LogP contribution in [0.4, 0.5) is 16.2 Å². The Morgan fingerprint density at radius 2 is 1.76 bits per heavy atom. The molecule has 11 nitrogen and oxygen atoms in total. The van der Waals surface area contributed by atoms with Gasteiger partial charge in [-0.15, -0.1) is 0 Å². The monoisotopic (exact) mass is 503 g/mol. The molecule has 1 atom stereocenters. The van der Waals surface area contributed by atoms with E-state index in [0.717, 1.165) is 11.8 Å². The number of hydrogen-bond acceptors (Lipinski definition) is 9. The minimum absolute atomic E-state index is 0.0213. The highest BCUT2D eigenvalue weighted by Gasteiger charge is 2.19. The van der Waals surface area contributed by atoms with Crippen molar-refractivity contribution >= 4 is 34.5 Å². The van der Waals surface area contributed by atoms with Crippen LogP contribution < -0.4 is 21.3 Å². The number of halogens is 1. The van der Waals surface area contributed by atoms with Crippen LogP contribution in [0.2, 0.25) is 0 Å². The molecule has 0 radical (unpaired) electrons. The minimum Gasteiger partial charge on any atom is -0.369 e. The minimum atomic E-state index is -0.664. The topological polar surface area (TPSA) is 147 Å². The van der Waals surface area contributed by atoms with Crippen molar-refractivity contribution in [3.63, 3.8) is 0 Å². The molecule has 0 fully saturated rings. The van der Waals surface area contributed by atoms with Gasteiger partial charge in [-0.05, 0) is 5.56 Å². The van der Waals surface area contributed by atoms with Crippen molar-refractivity contribution < 1.29 is 14.0 Å². The first-order valence-corrected chi connectivity index (χ1v) is 11.5. The average Bonchev–Trinajstić information content (AvgIpc) is 2.94. The fourth-order valence-electron chi connectivity index (χ4n) is 3.75. The molecule has 4 rings (SSSR count). The lowest BCUT2D eigenvalue weighted by atomic mass is 9.96. The van der Waals surface area contributed by atoms with Crippen LogP contribution in [0.5, 0.6) is 0 Å². The average molecular weight is 504 g/mol. The van der Waals surface area contributed by atoms with Crippen LogP contribution in [0.3, 0.4) is 0 Å². The molecule has 0 spiro atoms. The van der Waals surface area contributed by atoms with Gasteiger partial charge in [0.25, 0.3) is 5.91 Å². The molecule has 0 saturated carbocycles. The van der Waals surface area contributed by atoms with E-state index in [1.807, 2.05) is 13.0 Å². The first-order chi connectivity index (χ1) is 17.9. The number of likely N-dealkylation sites (N-methyl/N-ethyl adjacent to an activating group) is 1. The number of nitrogens with one attached hydrogen (secondary N) is 4. The van der Waals surface area contributed by atoms with E-state index in [-0.39, 0.29) is 23.9 Å². The lowest BCUT2D eigenvalue weighted by molar-refractivity contribution is -0.118. The van der Waals surface area contributed by atoms with E-state index in [4.69, 9.17) is 0 Å². The maximum atomic E-state index is 14.4. The van der Waals surface area contributed by atoms with Crippen molar-refractivity contribution in [1.29, 1.82) is 0 Å². The highest BCUT2D eigenvalue weighted by atomic mass is 19.1. The Labute approximate surface area is 212 Å². The van der Waals surface area contributed by atoms with Crippen molar-refractivity contribution in [3.8, 4) is 11.3 Å². The SMILES string of the molecule is CNC(=O)CNc1ncc(-c2cc(NC[C@@H](C)c3cccc4c(C(=O)NC)c(F)cnc34)ncn2)cn1. The number of carbonyl (C=O) groups is 2. The van der Waals surface area contributed by atoms with Gasteiger partial charge in [-0.1, -0.05) is 25.1 Å². The second-order valence-electron chi connectivity index (χ2n) is 8.20. The van der Waals surface area contributed by atoms with Gasteiger partial charge < -0.3 is 21.3 Å². The molecule has 2 amide bonds. The summed E-state index contributed by atoms with van der Waals surface area (Å²) >= 11 is 0. The lowest BCUT2D eigenvalue weighted by Crippen LogP contribution is -2.26. The van der Waals surface area contributed by atoms with Crippen LogP contribution in [0.25, 0.3) is 22.2 Å². The van der Waals surface area contributed by atoms with Crippen LogP contribution in [0, 0.1) is 5.82 Å². The summed E-state index contributed by atoms with van der Waals surface area (Å²) in [5, 5.41) is 11.6. The zero-order chi connectivity index (χ0) is 26.4. The number of benzene rings is 1. The summed E-state index contributed by atoms with van der Waals surface area (Å²) in [6, 6.07) is 7.18. The molecule has 3 aromatic heterocycles. The number of para-hydroxylation sites is 1. The van der Waals surface area contributed by atoms with Crippen LogP contribution >= 0.6 is 0 Å². The molecule has 0 saturated heterocycles. The van der Waals surface area contributed by atoms with Gasteiger partial charge in [-0.2, -0.15) is 0 Å². The third-order valence-corrected chi connectivity index (χ3v) is 5.76. The third-order valence-electron chi connectivity index (χ3n) is 5.76. The Bertz CT molecular complexity index is 1430. The van der Waals surface area contributed by atoms with Crippen LogP contribution in [-0.2, 0) is 4.79 Å². The normalized spacial score (nSPS) is 11.6. The van der Waals surface area contributed by atoms with Gasteiger partial charge in [-0.3, -0.25) is 14.6 Å². The number of nitrogens with zero attached hydrogens (tertiary/aromatic N) is 5. The molecule has 12 heteroatoms. The van der Waals surface area contributed by atoms with Gasteiger partial charge in [0.2, 0.25) is 11.9 Å². The van der Waals surface area contributed by atoms with Crippen LogP contribution in [0.1, 0.15) is 28.8 Å². The van der Waals surface area contributed by atoms with E-state index in [0.29, 0.717) is 40.5 Å². The summed E-state index contributed by atoms with van der Waals surface area (Å²) in [6.07, 6.45) is 5.74. The van der Waals surface area contributed by atoms with E-state index in [1.165, 1.54) is 13.4 Å². The summed E-state index contributed by atoms with van der Waals surface area (Å²) < 4.78 is 14.4. The number of hydrogen-bond donors (Lipinski definition) is 4. The van der Waals surface area contributed by atoms with Crippen LogP contribution in [-0.4, -0.2) is 63.9 Å². The first kappa shape index (κ1) is 25.4. The van der Waals surface area contributed by atoms with E-state index in [9.17, 15) is 14.0 Å². The van der Waals surface area contributed by atoms with Gasteiger partial charge >= 0.3 is 0 Å². The number of fused-ring (bicyclic) bond motifs is 1. The van der Waals surface area contributed by atoms with Crippen molar-refractivity contribution in [2.24, 2.45) is 0 Å². The van der Waals surface area contributed by atoms with Gasteiger partial charge in [0.1, 0.15) is 12.1 Å². The number of aromatic nitrogens is 5. The molecule has 190 valence electrons. The fraction of sp³-hybridized carbons (Fsp3) is 0.240. The summed E-state index contributed by atoms with van der Waals surface area (Å²) in [5.74, 6) is -0.442. The Balaban J connectivity index is 1.48. The molecule has 0 unspecified atom stereocenters. The van der Waals surface area contributed by atoms with Gasteiger partial charge in [0.15, 0.2) is 5.82 Å². The van der Waals surface area contributed by atoms with E-state index in [1.54, 1.807) is 37.6 Å². The molecule has 4 N–H and O–H groups in total. The Kier molecular flexibility index (Phi) is 7.77. The Hall–Kier alpha value is -4.74. The Morgan fingerprint density at radius 1 is 0.973 bits per heavy atom. The molecule has 0 aliphatic carbocycles. The van der Waals surface area contributed by atoms with Crippen molar-refractivity contribution in [1.82, 2.24) is 35.6 Å².